The summed E-state index contributed by atoms with van der Waals surface area (Å²) in [5, 5.41) is 15.8. The van der Waals surface area contributed by atoms with Crippen molar-refractivity contribution in [2.45, 2.75) is 11.4 Å². The minimum atomic E-state index is -3.64. The number of sulfonamides is 1. The highest BCUT2D eigenvalue weighted by molar-refractivity contribution is 7.89. The first-order valence-corrected chi connectivity index (χ1v) is 6.72. The molecule has 0 aliphatic rings. The molecule has 2 rings (SSSR count). The van der Waals surface area contributed by atoms with Crippen molar-refractivity contribution in [1.82, 2.24) is 15.0 Å². The van der Waals surface area contributed by atoms with Crippen molar-refractivity contribution in [3.8, 4) is 0 Å². The van der Waals surface area contributed by atoms with Gasteiger partial charge in [-0.1, -0.05) is 5.21 Å². The topological polar surface area (TPSA) is 103 Å². The van der Waals surface area contributed by atoms with Gasteiger partial charge in [0.1, 0.15) is 5.69 Å². The molecular weight excluding hydrogens is 254 g/mol. The molecule has 0 unspecified atom stereocenters. The number of rotatable bonds is 4. The molecule has 0 aliphatic carbocycles. The quantitative estimate of drug-likeness (QED) is 0.816. The van der Waals surface area contributed by atoms with Gasteiger partial charge in [0.05, 0.1) is 11.4 Å². The van der Waals surface area contributed by atoms with E-state index >= 15 is 0 Å². The van der Waals surface area contributed by atoms with Crippen molar-refractivity contribution in [1.29, 1.82) is 0 Å². The molecule has 0 atom stereocenters. The first kappa shape index (κ1) is 12.5. The molecule has 0 saturated carbocycles. The maximum absolute atomic E-state index is 11.1. The summed E-state index contributed by atoms with van der Waals surface area (Å²) in [4.78, 5) is 0.0903. The molecule has 0 radical (unpaired) electrons. The Morgan fingerprint density at radius 1 is 1.33 bits per heavy atom. The number of aryl methyl sites for hydroxylation is 1. The van der Waals surface area contributed by atoms with Gasteiger partial charge in [0, 0.05) is 18.9 Å². The van der Waals surface area contributed by atoms with Crippen LogP contribution in [0.5, 0.6) is 0 Å². The summed E-state index contributed by atoms with van der Waals surface area (Å²) in [6.45, 7) is 0.516. The summed E-state index contributed by atoms with van der Waals surface area (Å²) >= 11 is 0. The third-order valence-corrected chi connectivity index (χ3v) is 3.24. The van der Waals surface area contributed by atoms with Crippen molar-refractivity contribution >= 4 is 15.7 Å². The van der Waals surface area contributed by atoms with Gasteiger partial charge in [-0.15, -0.1) is 5.10 Å². The SMILES string of the molecule is Cn1cc(CNc2ccc(S(N)(=O)=O)cc2)nn1. The van der Waals surface area contributed by atoms with Crippen LogP contribution in [0.25, 0.3) is 0 Å². The van der Waals surface area contributed by atoms with E-state index in [0.29, 0.717) is 6.54 Å². The average Bonchev–Trinajstić information content (AvgIpc) is 2.72. The third-order valence-electron chi connectivity index (χ3n) is 2.31. The Morgan fingerprint density at radius 3 is 2.50 bits per heavy atom. The molecule has 1 aromatic carbocycles. The summed E-state index contributed by atoms with van der Waals surface area (Å²) in [6, 6.07) is 6.20. The van der Waals surface area contributed by atoms with E-state index in [-0.39, 0.29) is 4.90 Å². The number of hydrogen-bond acceptors (Lipinski definition) is 5. The van der Waals surface area contributed by atoms with Crippen LogP contribution in [0.15, 0.2) is 35.4 Å². The number of nitrogens with zero attached hydrogens (tertiary/aromatic N) is 3. The minimum Gasteiger partial charge on any atom is -0.379 e. The molecule has 18 heavy (non-hydrogen) atoms. The van der Waals surface area contributed by atoms with Crippen LogP contribution in [0.3, 0.4) is 0 Å². The largest absolute Gasteiger partial charge is 0.379 e. The Balaban J connectivity index is 2.03. The smallest absolute Gasteiger partial charge is 0.238 e. The van der Waals surface area contributed by atoms with Crippen LogP contribution in [-0.4, -0.2) is 23.4 Å². The van der Waals surface area contributed by atoms with Crippen molar-refractivity contribution in [3.63, 3.8) is 0 Å². The van der Waals surface area contributed by atoms with Crippen LogP contribution < -0.4 is 10.5 Å². The zero-order chi connectivity index (χ0) is 13.2. The summed E-state index contributed by atoms with van der Waals surface area (Å²) in [7, 11) is -1.85. The molecule has 8 heteroatoms. The highest BCUT2D eigenvalue weighted by atomic mass is 32.2. The van der Waals surface area contributed by atoms with Crippen LogP contribution >= 0.6 is 0 Å². The molecule has 96 valence electrons. The van der Waals surface area contributed by atoms with Crippen molar-refractivity contribution in [2.24, 2.45) is 12.2 Å². The zero-order valence-electron chi connectivity index (χ0n) is 9.74. The van der Waals surface area contributed by atoms with Gasteiger partial charge in [-0.2, -0.15) is 0 Å². The van der Waals surface area contributed by atoms with Crippen molar-refractivity contribution in [2.75, 3.05) is 5.32 Å². The van der Waals surface area contributed by atoms with Crippen LogP contribution in [0, 0.1) is 0 Å². The summed E-state index contributed by atoms with van der Waals surface area (Å²) < 4.78 is 23.7. The maximum atomic E-state index is 11.1. The molecule has 0 amide bonds. The van der Waals surface area contributed by atoms with Gasteiger partial charge in [0.25, 0.3) is 0 Å². The highest BCUT2D eigenvalue weighted by Gasteiger charge is 2.06. The predicted octanol–water partition coefficient (Wildman–Crippen LogP) is 0.0746. The molecule has 0 aliphatic heterocycles. The second-order valence-corrected chi connectivity index (χ2v) is 5.37. The normalized spacial score (nSPS) is 11.4. The lowest BCUT2D eigenvalue weighted by molar-refractivity contribution is 0.598. The molecule has 0 spiro atoms. The number of aromatic nitrogens is 3. The molecule has 1 heterocycles. The standard InChI is InChI=1S/C10H13N5O2S/c1-15-7-9(13-14-15)6-12-8-2-4-10(5-3-8)18(11,16)17/h2-5,7,12H,6H2,1H3,(H2,11,16,17). The van der Waals surface area contributed by atoms with E-state index in [9.17, 15) is 8.42 Å². The number of nitrogens with one attached hydrogen (secondary N) is 1. The Morgan fingerprint density at radius 2 is 2.00 bits per heavy atom. The molecule has 0 fully saturated rings. The number of anilines is 1. The highest BCUT2D eigenvalue weighted by Crippen LogP contribution is 2.13. The fourth-order valence-corrected chi connectivity index (χ4v) is 1.95. The monoisotopic (exact) mass is 267 g/mol. The molecule has 7 nitrogen and oxygen atoms in total. The fraction of sp³-hybridized carbons (Fsp3) is 0.200. The molecule has 1 aromatic heterocycles. The maximum Gasteiger partial charge on any atom is 0.238 e. The van der Waals surface area contributed by atoms with E-state index in [2.05, 4.69) is 15.6 Å². The number of primary sulfonamides is 1. The first-order chi connectivity index (χ1) is 8.45. The number of benzene rings is 1. The summed E-state index contributed by atoms with van der Waals surface area (Å²) in [6.07, 6.45) is 1.80. The van der Waals surface area contributed by atoms with Gasteiger partial charge in [-0.05, 0) is 24.3 Å². The van der Waals surface area contributed by atoms with Gasteiger partial charge < -0.3 is 5.32 Å². The van der Waals surface area contributed by atoms with E-state index < -0.39 is 10.0 Å². The lowest BCUT2D eigenvalue weighted by Gasteiger charge is -2.04. The van der Waals surface area contributed by atoms with Crippen molar-refractivity contribution < 1.29 is 8.42 Å². The van der Waals surface area contributed by atoms with E-state index in [1.165, 1.54) is 12.1 Å². The average molecular weight is 267 g/mol. The van der Waals surface area contributed by atoms with E-state index in [0.717, 1.165) is 11.4 Å². The molecule has 2 aromatic rings. The fourth-order valence-electron chi connectivity index (χ4n) is 1.43. The third kappa shape index (κ3) is 3.05. The van der Waals surface area contributed by atoms with E-state index in [1.807, 2.05) is 0 Å². The van der Waals surface area contributed by atoms with E-state index in [1.54, 1.807) is 30.1 Å². The van der Waals surface area contributed by atoms with Crippen LogP contribution in [0.1, 0.15) is 5.69 Å². The summed E-state index contributed by atoms with van der Waals surface area (Å²) in [5.41, 5.74) is 1.58. The lowest BCUT2D eigenvalue weighted by atomic mass is 10.3. The predicted molar refractivity (Wildman–Crippen MR) is 66.1 cm³/mol. The lowest BCUT2D eigenvalue weighted by Crippen LogP contribution is -2.12. The van der Waals surface area contributed by atoms with Crippen LogP contribution in [-0.2, 0) is 23.6 Å². The second-order valence-electron chi connectivity index (χ2n) is 3.81. The Bertz CT molecular complexity index is 633. The van der Waals surface area contributed by atoms with Gasteiger partial charge in [0.2, 0.25) is 10.0 Å². The number of hydrogen-bond donors (Lipinski definition) is 2. The second kappa shape index (κ2) is 4.75. The molecule has 0 bridgehead atoms. The minimum absolute atomic E-state index is 0.0903. The van der Waals surface area contributed by atoms with Crippen LogP contribution in [0.2, 0.25) is 0 Å². The van der Waals surface area contributed by atoms with Gasteiger partial charge in [-0.3, -0.25) is 4.68 Å². The molecular formula is C10H13N5O2S. The first-order valence-electron chi connectivity index (χ1n) is 5.17. The Hall–Kier alpha value is -1.93. The molecule has 0 saturated heterocycles. The van der Waals surface area contributed by atoms with Gasteiger partial charge in [0.15, 0.2) is 0 Å². The van der Waals surface area contributed by atoms with Crippen molar-refractivity contribution in [3.05, 3.63) is 36.2 Å². The van der Waals surface area contributed by atoms with Crippen LogP contribution in [0.4, 0.5) is 5.69 Å². The zero-order valence-corrected chi connectivity index (χ0v) is 10.6. The molecule has 3 N–H and O–H groups in total. The number of nitrogens with two attached hydrogens (primary N) is 1. The summed E-state index contributed by atoms with van der Waals surface area (Å²) in [5.74, 6) is 0. The Labute approximate surface area is 105 Å². The van der Waals surface area contributed by atoms with E-state index in [4.69, 9.17) is 5.14 Å². The Kier molecular flexibility index (Phi) is 3.30. The van der Waals surface area contributed by atoms with Gasteiger partial charge in [-0.25, -0.2) is 13.6 Å². The van der Waals surface area contributed by atoms with Gasteiger partial charge >= 0.3 is 0 Å².